The fourth-order valence-electron chi connectivity index (χ4n) is 2.02. The zero-order valence-electron chi connectivity index (χ0n) is 8.16. The summed E-state index contributed by atoms with van der Waals surface area (Å²) in [6, 6.07) is -0.693. The molecule has 0 aromatic carbocycles. The summed E-state index contributed by atoms with van der Waals surface area (Å²) in [7, 11) is -4.62. The zero-order valence-corrected chi connectivity index (χ0v) is 8.98. The van der Waals surface area contributed by atoms with Gasteiger partial charge in [-0.1, -0.05) is 0 Å². The van der Waals surface area contributed by atoms with Gasteiger partial charge in [0, 0.05) is 12.6 Å². The quantitative estimate of drug-likeness (QED) is 0.682. The van der Waals surface area contributed by atoms with Crippen molar-refractivity contribution in [2.45, 2.75) is 31.8 Å². The second-order valence-electron chi connectivity index (χ2n) is 3.84. The van der Waals surface area contributed by atoms with E-state index in [9.17, 15) is 13.2 Å². The first-order chi connectivity index (χ1) is 6.88. The second kappa shape index (κ2) is 3.32. The third-order valence-electron chi connectivity index (χ3n) is 2.80. The number of fused-ring (bicyclic) bond motifs is 2. The first kappa shape index (κ1) is 10.7. The molecule has 0 aromatic heterocycles. The van der Waals surface area contributed by atoms with E-state index in [2.05, 4.69) is 4.28 Å². The Hall–Kier alpha value is -0.860. The van der Waals surface area contributed by atoms with Crippen LogP contribution in [-0.2, 0) is 14.7 Å². The Balaban J connectivity index is 2.18. The molecule has 2 bridgehead atoms. The largest absolute Gasteiger partial charge is 0.418 e. The van der Waals surface area contributed by atoms with Gasteiger partial charge in [0.1, 0.15) is 0 Å². The number of hydrogen-bond donors (Lipinski definition) is 1. The summed E-state index contributed by atoms with van der Waals surface area (Å²) in [4.78, 5) is 13.2. The highest BCUT2D eigenvalue weighted by atomic mass is 32.3. The molecule has 2 aliphatic rings. The van der Waals surface area contributed by atoms with Crippen LogP contribution in [0.3, 0.4) is 0 Å². The predicted molar refractivity (Wildman–Crippen MR) is 49.1 cm³/mol. The highest BCUT2D eigenvalue weighted by Gasteiger charge is 2.45. The Morgan fingerprint density at radius 2 is 2.13 bits per heavy atom. The van der Waals surface area contributed by atoms with Crippen LogP contribution in [0.15, 0.2) is 0 Å². The summed E-state index contributed by atoms with van der Waals surface area (Å²) in [5.41, 5.74) is 0. The molecule has 15 heavy (non-hydrogen) atoms. The number of carbonyl (C=O) groups excluding carboxylic acids is 1. The van der Waals surface area contributed by atoms with E-state index < -0.39 is 16.4 Å². The molecule has 0 aliphatic carbocycles. The molecule has 2 rings (SSSR count). The normalized spacial score (nSPS) is 31.2. The Morgan fingerprint density at radius 3 is 2.67 bits per heavy atom. The highest BCUT2D eigenvalue weighted by molar-refractivity contribution is 7.80. The van der Waals surface area contributed by atoms with Crippen molar-refractivity contribution in [3.63, 3.8) is 0 Å². The smallest absolute Gasteiger partial charge is 0.318 e. The van der Waals surface area contributed by atoms with E-state index in [1.54, 1.807) is 4.90 Å². The molecule has 2 aliphatic heterocycles. The molecule has 2 saturated heterocycles. The first-order valence-corrected chi connectivity index (χ1v) is 6.02. The van der Waals surface area contributed by atoms with Gasteiger partial charge < -0.3 is 4.90 Å². The van der Waals surface area contributed by atoms with Crippen LogP contribution in [0.5, 0.6) is 0 Å². The fourth-order valence-corrected chi connectivity index (χ4v) is 2.41. The van der Waals surface area contributed by atoms with Crippen LogP contribution in [0.2, 0.25) is 0 Å². The van der Waals surface area contributed by atoms with E-state index >= 15 is 0 Å². The molecular weight excluding hydrogens is 224 g/mol. The van der Waals surface area contributed by atoms with E-state index in [1.165, 1.54) is 0 Å². The fraction of sp³-hybridized carbons (Fsp3) is 0.857. The molecule has 2 unspecified atom stereocenters. The number of nitrogens with zero attached hydrogens (tertiary/aromatic N) is 2. The maximum Gasteiger partial charge on any atom is 0.418 e. The standard InChI is InChI=1S/C7H12N2O5S/c1-5-2-3-6-4-8(5)7(10)9(6)14-15(11,12)13/h5-6H,2-4H2,1H3,(H,11,12,13). The van der Waals surface area contributed by atoms with Crippen LogP contribution in [0.4, 0.5) is 4.79 Å². The molecular formula is C7H12N2O5S. The Bertz CT molecular complexity index is 381. The van der Waals surface area contributed by atoms with Crippen molar-refractivity contribution in [2.75, 3.05) is 6.54 Å². The number of urea groups is 1. The predicted octanol–water partition coefficient (Wildman–Crippen LogP) is 0.00930. The van der Waals surface area contributed by atoms with Crippen molar-refractivity contribution in [3.8, 4) is 0 Å². The lowest BCUT2D eigenvalue weighted by Gasteiger charge is -2.26. The molecule has 0 radical (unpaired) electrons. The van der Waals surface area contributed by atoms with Gasteiger partial charge in [-0.2, -0.15) is 13.5 Å². The molecule has 0 aromatic rings. The first-order valence-electron chi connectivity index (χ1n) is 4.65. The minimum Gasteiger partial charge on any atom is -0.318 e. The third-order valence-corrected chi connectivity index (χ3v) is 3.15. The number of hydrogen-bond acceptors (Lipinski definition) is 4. The van der Waals surface area contributed by atoms with Crippen LogP contribution in [0.1, 0.15) is 19.8 Å². The lowest BCUT2D eigenvalue weighted by molar-refractivity contribution is -0.0317. The average molecular weight is 236 g/mol. The van der Waals surface area contributed by atoms with Gasteiger partial charge in [-0.3, -0.25) is 4.55 Å². The van der Waals surface area contributed by atoms with E-state index in [0.29, 0.717) is 13.0 Å². The number of amides is 2. The van der Waals surface area contributed by atoms with E-state index in [0.717, 1.165) is 11.5 Å². The van der Waals surface area contributed by atoms with Gasteiger partial charge in [0.2, 0.25) is 0 Å². The zero-order chi connectivity index (χ0) is 11.2. The monoisotopic (exact) mass is 236 g/mol. The number of rotatable bonds is 2. The molecule has 2 amide bonds. The summed E-state index contributed by atoms with van der Waals surface area (Å²) < 4.78 is 33.8. The molecule has 7 nitrogen and oxygen atoms in total. The molecule has 2 heterocycles. The van der Waals surface area contributed by atoms with Gasteiger partial charge in [0.15, 0.2) is 0 Å². The van der Waals surface area contributed by atoms with Gasteiger partial charge in [-0.15, -0.1) is 4.28 Å². The lowest BCUT2D eigenvalue weighted by Crippen LogP contribution is -2.37. The van der Waals surface area contributed by atoms with Gasteiger partial charge >= 0.3 is 16.4 Å². The van der Waals surface area contributed by atoms with Crippen LogP contribution in [0, 0.1) is 0 Å². The van der Waals surface area contributed by atoms with Crippen molar-refractivity contribution in [2.24, 2.45) is 0 Å². The number of hydroxylamine groups is 2. The van der Waals surface area contributed by atoms with Crippen molar-refractivity contribution < 1.29 is 22.0 Å². The Morgan fingerprint density at radius 1 is 1.47 bits per heavy atom. The molecule has 1 N–H and O–H groups in total. The SMILES string of the molecule is CC1CCC2CN1C(=O)N2OS(=O)(=O)O. The number of carbonyl (C=O) groups is 1. The third kappa shape index (κ3) is 1.92. The van der Waals surface area contributed by atoms with E-state index in [1.807, 2.05) is 6.92 Å². The molecule has 2 fully saturated rings. The van der Waals surface area contributed by atoms with Crippen molar-refractivity contribution in [1.29, 1.82) is 0 Å². The summed E-state index contributed by atoms with van der Waals surface area (Å²) in [5, 5.41) is 0.749. The van der Waals surface area contributed by atoms with E-state index in [4.69, 9.17) is 4.55 Å². The molecule has 0 spiro atoms. The van der Waals surface area contributed by atoms with Gasteiger partial charge in [-0.05, 0) is 19.8 Å². The van der Waals surface area contributed by atoms with Crippen LogP contribution >= 0.6 is 0 Å². The van der Waals surface area contributed by atoms with E-state index in [-0.39, 0.29) is 12.1 Å². The highest BCUT2D eigenvalue weighted by Crippen LogP contribution is 2.30. The average Bonchev–Trinajstić information content (AvgIpc) is 2.35. The summed E-state index contributed by atoms with van der Waals surface area (Å²) in [6.07, 6.45) is 1.49. The Kier molecular flexibility index (Phi) is 2.36. The Labute approximate surface area is 87.5 Å². The minimum absolute atomic E-state index is 0.0868. The van der Waals surface area contributed by atoms with Crippen LogP contribution in [-0.4, -0.2) is 47.6 Å². The maximum absolute atomic E-state index is 11.6. The van der Waals surface area contributed by atoms with Gasteiger partial charge in [0.25, 0.3) is 0 Å². The topological polar surface area (TPSA) is 87.2 Å². The maximum atomic E-state index is 11.6. The van der Waals surface area contributed by atoms with Gasteiger partial charge in [0.05, 0.1) is 6.04 Å². The summed E-state index contributed by atoms with van der Waals surface area (Å²) in [5.74, 6) is 0. The molecule has 8 heteroatoms. The van der Waals surface area contributed by atoms with Crippen molar-refractivity contribution in [1.82, 2.24) is 9.96 Å². The lowest BCUT2D eigenvalue weighted by atomic mass is 10.0. The van der Waals surface area contributed by atoms with Crippen molar-refractivity contribution in [3.05, 3.63) is 0 Å². The second-order valence-corrected chi connectivity index (χ2v) is 4.85. The summed E-state index contributed by atoms with van der Waals surface area (Å²) in [6.45, 7) is 2.35. The van der Waals surface area contributed by atoms with Crippen LogP contribution < -0.4 is 0 Å². The summed E-state index contributed by atoms with van der Waals surface area (Å²) >= 11 is 0. The van der Waals surface area contributed by atoms with Crippen LogP contribution in [0.25, 0.3) is 0 Å². The molecule has 86 valence electrons. The van der Waals surface area contributed by atoms with Gasteiger partial charge in [-0.25, -0.2) is 4.79 Å². The van der Waals surface area contributed by atoms with Crippen molar-refractivity contribution >= 4 is 16.4 Å². The molecule has 0 saturated carbocycles. The molecule has 2 atom stereocenters. The minimum atomic E-state index is -4.62. The number of piperidine rings is 1.